The third kappa shape index (κ3) is 5.91. The van der Waals surface area contributed by atoms with E-state index in [9.17, 15) is 5.11 Å². The van der Waals surface area contributed by atoms with Gasteiger partial charge in [0.05, 0.1) is 0 Å². The van der Waals surface area contributed by atoms with Gasteiger partial charge in [-0.1, -0.05) is 128 Å². The third-order valence-corrected chi connectivity index (χ3v) is 7.21. The molecule has 0 saturated heterocycles. The van der Waals surface area contributed by atoms with Crippen LogP contribution in [-0.2, 0) is 13.1 Å². The van der Waals surface area contributed by atoms with Crippen LogP contribution in [0, 0.1) is 5.92 Å². The lowest BCUT2D eigenvalue weighted by molar-refractivity contribution is 0.286. The van der Waals surface area contributed by atoms with Crippen LogP contribution in [0.25, 0.3) is 10.8 Å². The highest BCUT2D eigenvalue weighted by atomic mass is 16.3. The van der Waals surface area contributed by atoms with Crippen LogP contribution in [0.5, 0.6) is 5.75 Å². The minimum absolute atomic E-state index is 0.0630. The van der Waals surface area contributed by atoms with Gasteiger partial charge in [0.2, 0.25) is 0 Å². The molecular weight excluding hydrogens is 452 g/mol. The average Bonchev–Trinajstić information content (AvgIpc) is 2.96. The van der Waals surface area contributed by atoms with E-state index in [4.69, 9.17) is 0 Å². The van der Waals surface area contributed by atoms with Crippen molar-refractivity contribution >= 4 is 10.8 Å². The summed E-state index contributed by atoms with van der Waals surface area (Å²) < 4.78 is 0. The van der Waals surface area contributed by atoms with Gasteiger partial charge < -0.3 is 15.7 Å². The zero-order valence-corrected chi connectivity index (χ0v) is 21.2. The first-order valence-corrected chi connectivity index (χ1v) is 13.0. The number of fused-ring (bicyclic) bond motifs is 1. The van der Waals surface area contributed by atoms with E-state index < -0.39 is 0 Å². The Morgan fingerprint density at radius 1 is 0.568 bits per heavy atom. The van der Waals surface area contributed by atoms with Crippen molar-refractivity contribution in [1.29, 1.82) is 0 Å². The highest BCUT2D eigenvalue weighted by molar-refractivity contribution is 5.88. The lowest BCUT2D eigenvalue weighted by Gasteiger charge is -2.34. The lowest BCUT2D eigenvalue weighted by Crippen LogP contribution is -2.36. The summed E-state index contributed by atoms with van der Waals surface area (Å²) in [4.78, 5) is 0. The highest BCUT2D eigenvalue weighted by Gasteiger charge is 2.30. The first-order valence-electron chi connectivity index (χ1n) is 13.0. The van der Waals surface area contributed by atoms with E-state index in [1.807, 2.05) is 36.4 Å². The number of aromatic hydroxyl groups is 1. The van der Waals surface area contributed by atoms with Gasteiger partial charge in [-0.15, -0.1) is 0 Å². The molecule has 0 aromatic heterocycles. The SMILES string of the molecule is C[C@H]([C@H](NCc1ccccc1)c1ccccc1)[C@H](NCc1ccccc1)c1c(O)ccc2ccccc12. The summed E-state index contributed by atoms with van der Waals surface area (Å²) in [6, 6.07) is 43.7. The van der Waals surface area contributed by atoms with Gasteiger partial charge in [-0.25, -0.2) is 0 Å². The molecule has 3 heteroatoms. The van der Waals surface area contributed by atoms with Crippen molar-refractivity contribution in [2.45, 2.75) is 32.1 Å². The van der Waals surface area contributed by atoms with E-state index in [2.05, 4.69) is 109 Å². The van der Waals surface area contributed by atoms with Gasteiger partial charge in [-0.2, -0.15) is 0 Å². The maximum Gasteiger partial charge on any atom is 0.121 e. The molecule has 3 atom stereocenters. The van der Waals surface area contributed by atoms with E-state index in [1.165, 1.54) is 16.7 Å². The van der Waals surface area contributed by atoms with Crippen LogP contribution in [0.1, 0.15) is 41.3 Å². The molecule has 3 N–H and O–H groups in total. The molecule has 0 heterocycles. The topological polar surface area (TPSA) is 44.3 Å². The number of benzene rings is 5. The molecule has 0 bridgehead atoms. The molecule has 0 aliphatic heterocycles. The van der Waals surface area contributed by atoms with Crippen molar-refractivity contribution < 1.29 is 5.11 Å². The first kappa shape index (κ1) is 24.8. The highest BCUT2D eigenvalue weighted by Crippen LogP contribution is 2.40. The molecule has 0 unspecified atom stereocenters. The number of hydrogen-bond donors (Lipinski definition) is 3. The van der Waals surface area contributed by atoms with Crippen molar-refractivity contribution in [3.05, 3.63) is 150 Å². The quantitative estimate of drug-likeness (QED) is 0.191. The molecule has 5 rings (SSSR count). The number of nitrogens with one attached hydrogen (secondary N) is 2. The van der Waals surface area contributed by atoms with Crippen molar-refractivity contribution in [2.75, 3.05) is 0 Å². The molecular formula is C34H34N2O. The van der Waals surface area contributed by atoms with Crippen molar-refractivity contribution in [3.8, 4) is 5.75 Å². The fourth-order valence-electron chi connectivity index (χ4n) is 5.27. The predicted octanol–water partition coefficient (Wildman–Crippen LogP) is 7.54. The Labute approximate surface area is 219 Å². The molecule has 37 heavy (non-hydrogen) atoms. The number of phenolic OH excluding ortho intramolecular Hbond substituents is 1. The first-order chi connectivity index (χ1) is 18.2. The Morgan fingerprint density at radius 3 is 1.70 bits per heavy atom. The summed E-state index contributed by atoms with van der Waals surface area (Å²) in [5, 5.41) is 21.1. The van der Waals surface area contributed by atoms with Crippen LogP contribution >= 0.6 is 0 Å². The second-order valence-electron chi connectivity index (χ2n) is 9.68. The Morgan fingerprint density at radius 2 is 1.08 bits per heavy atom. The van der Waals surface area contributed by atoms with Gasteiger partial charge in [0.25, 0.3) is 0 Å². The molecule has 0 saturated carbocycles. The third-order valence-electron chi connectivity index (χ3n) is 7.21. The summed E-state index contributed by atoms with van der Waals surface area (Å²) in [6.45, 7) is 3.75. The lowest BCUT2D eigenvalue weighted by atomic mass is 9.82. The summed E-state index contributed by atoms with van der Waals surface area (Å²) in [5.41, 5.74) is 4.64. The molecule has 0 amide bonds. The minimum Gasteiger partial charge on any atom is -0.508 e. The van der Waals surface area contributed by atoms with Gasteiger partial charge in [-0.05, 0) is 39.4 Å². The zero-order chi connectivity index (χ0) is 25.5. The monoisotopic (exact) mass is 486 g/mol. The predicted molar refractivity (Wildman–Crippen MR) is 153 cm³/mol. The number of rotatable bonds is 10. The minimum atomic E-state index is -0.0974. The molecule has 5 aromatic rings. The van der Waals surface area contributed by atoms with Crippen LogP contribution in [0.15, 0.2) is 127 Å². The van der Waals surface area contributed by atoms with Gasteiger partial charge in [0.15, 0.2) is 0 Å². The Kier molecular flexibility index (Phi) is 7.95. The molecule has 0 spiro atoms. The van der Waals surface area contributed by atoms with Crippen LogP contribution in [-0.4, -0.2) is 5.11 Å². The van der Waals surface area contributed by atoms with Gasteiger partial charge in [0.1, 0.15) is 5.75 Å². The van der Waals surface area contributed by atoms with E-state index in [0.29, 0.717) is 12.3 Å². The zero-order valence-electron chi connectivity index (χ0n) is 21.2. The Hall–Kier alpha value is -3.92. The molecule has 0 aliphatic carbocycles. The van der Waals surface area contributed by atoms with Gasteiger partial charge >= 0.3 is 0 Å². The molecule has 0 aliphatic rings. The molecule has 186 valence electrons. The molecule has 0 fully saturated rings. The molecule has 5 aromatic carbocycles. The Balaban J connectivity index is 1.55. The smallest absolute Gasteiger partial charge is 0.121 e. The number of hydrogen-bond acceptors (Lipinski definition) is 3. The van der Waals surface area contributed by atoms with Crippen LogP contribution in [0.3, 0.4) is 0 Å². The van der Waals surface area contributed by atoms with E-state index >= 15 is 0 Å². The van der Waals surface area contributed by atoms with Gasteiger partial charge in [0, 0.05) is 30.7 Å². The summed E-state index contributed by atoms with van der Waals surface area (Å²) in [5.74, 6) is 0.442. The largest absolute Gasteiger partial charge is 0.508 e. The maximum absolute atomic E-state index is 11.2. The van der Waals surface area contributed by atoms with Crippen molar-refractivity contribution in [2.24, 2.45) is 5.92 Å². The van der Waals surface area contributed by atoms with Crippen molar-refractivity contribution in [1.82, 2.24) is 10.6 Å². The van der Waals surface area contributed by atoms with E-state index in [0.717, 1.165) is 22.9 Å². The van der Waals surface area contributed by atoms with Crippen LogP contribution < -0.4 is 10.6 Å². The van der Waals surface area contributed by atoms with Crippen molar-refractivity contribution in [3.63, 3.8) is 0 Å². The molecule has 0 radical (unpaired) electrons. The molecule has 3 nitrogen and oxygen atoms in total. The average molecular weight is 487 g/mol. The fraction of sp³-hybridized carbons (Fsp3) is 0.176. The number of phenols is 1. The summed E-state index contributed by atoms with van der Waals surface area (Å²) in [7, 11) is 0. The van der Waals surface area contributed by atoms with E-state index in [-0.39, 0.29) is 18.0 Å². The van der Waals surface area contributed by atoms with E-state index in [1.54, 1.807) is 0 Å². The second-order valence-corrected chi connectivity index (χ2v) is 9.68. The maximum atomic E-state index is 11.2. The Bertz CT molecular complexity index is 1400. The van der Waals surface area contributed by atoms with Crippen LogP contribution in [0.2, 0.25) is 0 Å². The fourth-order valence-corrected chi connectivity index (χ4v) is 5.27. The normalized spacial score (nSPS) is 13.8. The summed E-state index contributed by atoms with van der Waals surface area (Å²) in [6.07, 6.45) is 0. The van der Waals surface area contributed by atoms with Gasteiger partial charge in [-0.3, -0.25) is 0 Å². The second kappa shape index (κ2) is 11.9. The summed E-state index contributed by atoms with van der Waals surface area (Å²) >= 11 is 0. The standard InChI is InChI=1S/C34H34N2O/c1-25(33(29-18-9-4-10-19-29)35-23-26-13-5-2-6-14-26)34(36-24-27-15-7-3-8-16-27)32-30-20-12-11-17-28(30)21-22-31(32)37/h2-22,25,33-37H,23-24H2,1H3/t25-,33+,34+/m1/s1. The van der Waals surface area contributed by atoms with Crippen LogP contribution in [0.4, 0.5) is 0 Å².